The highest BCUT2D eigenvalue weighted by atomic mass is 16.4. The zero-order chi connectivity index (χ0) is 11.7. The van der Waals surface area contributed by atoms with Crippen LogP contribution in [0.3, 0.4) is 0 Å². The molecule has 0 spiro atoms. The number of aryl methyl sites for hydroxylation is 2. The van der Waals surface area contributed by atoms with Crippen LogP contribution in [0.4, 0.5) is 5.69 Å². The van der Waals surface area contributed by atoms with Gasteiger partial charge in [-0.2, -0.15) is 0 Å². The lowest BCUT2D eigenvalue weighted by Crippen LogP contribution is -2.28. The van der Waals surface area contributed by atoms with Crippen molar-refractivity contribution in [1.29, 1.82) is 0 Å². The predicted molar refractivity (Wildman–Crippen MR) is 63.9 cm³/mol. The van der Waals surface area contributed by atoms with Gasteiger partial charge in [-0.05, 0) is 43.4 Å². The van der Waals surface area contributed by atoms with Crippen molar-refractivity contribution in [2.45, 2.75) is 39.2 Å². The SMILES string of the molecule is Cc1ccc(C)c2c1CCC(CC(=O)O)N2. The van der Waals surface area contributed by atoms with Gasteiger partial charge in [0.2, 0.25) is 0 Å². The molecule has 1 unspecified atom stereocenters. The molecule has 0 aliphatic carbocycles. The standard InChI is InChI=1S/C13H17NO2/c1-8-3-4-9(2)13-11(8)6-5-10(14-13)7-12(15)16/h3-4,10,14H,5-7H2,1-2H3,(H,15,16). The van der Waals surface area contributed by atoms with Crippen molar-refractivity contribution in [2.75, 3.05) is 5.32 Å². The molecule has 0 radical (unpaired) electrons. The second kappa shape index (κ2) is 4.16. The van der Waals surface area contributed by atoms with Crippen LogP contribution in [0.1, 0.15) is 29.5 Å². The Kier molecular flexibility index (Phi) is 2.86. The topological polar surface area (TPSA) is 49.3 Å². The van der Waals surface area contributed by atoms with E-state index in [9.17, 15) is 4.79 Å². The molecule has 0 fully saturated rings. The number of carbonyl (C=O) groups is 1. The summed E-state index contributed by atoms with van der Waals surface area (Å²) in [4.78, 5) is 10.7. The van der Waals surface area contributed by atoms with Gasteiger partial charge in [-0.1, -0.05) is 12.1 Å². The minimum absolute atomic E-state index is 0.0745. The summed E-state index contributed by atoms with van der Waals surface area (Å²) < 4.78 is 0. The van der Waals surface area contributed by atoms with Gasteiger partial charge in [0.1, 0.15) is 0 Å². The summed E-state index contributed by atoms with van der Waals surface area (Å²) in [6.45, 7) is 4.17. The average Bonchev–Trinajstić information content (AvgIpc) is 2.23. The number of hydrogen-bond donors (Lipinski definition) is 2. The fourth-order valence-electron chi connectivity index (χ4n) is 2.35. The molecule has 3 nitrogen and oxygen atoms in total. The van der Waals surface area contributed by atoms with Crippen molar-refractivity contribution in [3.8, 4) is 0 Å². The monoisotopic (exact) mass is 219 g/mol. The molecule has 1 aliphatic heterocycles. The quantitative estimate of drug-likeness (QED) is 0.803. The third-order valence-electron chi connectivity index (χ3n) is 3.27. The zero-order valence-electron chi connectivity index (χ0n) is 9.71. The molecule has 2 rings (SSSR count). The minimum atomic E-state index is -0.730. The van der Waals surface area contributed by atoms with E-state index < -0.39 is 5.97 Å². The van der Waals surface area contributed by atoms with Crippen molar-refractivity contribution in [2.24, 2.45) is 0 Å². The van der Waals surface area contributed by atoms with Gasteiger partial charge in [-0.15, -0.1) is 0 Å². The van der Waals surface area contributed by atoms with Crippen LogP contribution < -0.4 is 5.32 Å². The second-order valence-corrected chi connectivity index (χ2v) is 4.53. The largest absolute Gasteiger partial charge is 0.481 e. The van der Waals surface area contributed by atoms with E-state index >= 15 is 0 Å². The lowest BCUT2D eigenvalue weighted by Gasteiger charge is -2.28. The first-order valence-electron chi connectivity index (χ1n) is 5.65. The number of nitrogens with one attached hydrogen (secondary N) is 1. The molecule has 2 N–H and O–H groups in total. The maximum atomic E-state index is 10.7. The van der Waals surface area contributed by atoms with E-state index in [1.54, 1.807) is 0 Å². The second-order valence-electron chi connectivity index (χ2n) is 4.53. The fourth-order valence-corrected chi connectivity index (χ4v) is 2.35. The van der Waals surface area contributed by atoms with Crippen LogP contribution in [0.15, 0.2) is 12.1 Å². The lowest BCUT2D eigenvalue weighted by molar-refractivity contribution is -0.137. The molecule has 16 heavy (non-hydrogen) atoms. The van der Waals surface area contributed by atoms with Crippen molar-refractivity contribution < 1.29 is 9.90 Å². The zero-order valence-corrected chi connectivity index (χ0v) is 9.71. The molecule has 1 aromatic carbocycles. The number of aliphatic carboxylic acids is 1. The summed E-state index contributed by atoms with van der Waals surface area (Å²) in [5, 5.41) is 12.2. The Balaban J connectivity index is 2.26. The highest BCUT2D eigenvalue weighted by molar-refractivity contribution is 5.70. The molecule has 0 saturated carbocycles. The van der Waals surface area contributed by atoms with Crippen LogP contribution in [-0.4, -0.2) is 17.1 Å². The van der Waals surface area contributed by atoms with Crippen LogP contribution in [-0.2, 0) is 11.2 Å². The molecule has 0 aromatic heterocycles. The molecule has 0 bridgehead atoms. The van der Waals surface area contributed by atoms with E-state index in [0.29, 0.717) is 0 Å². The minimum Gasteiger partial charge on any atom is -0.481 e. The summed E-state index contributed by atoms with van der Waals surface area (Å²) in [5.41, 5.74) is 5.00. The molecular weight excluding hydrogens is 202 g/mol. The molecule has 86 valence electrons. The Labute approximate surface area is 95.5 Å². The molecule has 1 aromatic rings. The fraction of sp³-hybridized carbons (Fsp3) is 0.462. The van der Waals surface area contributed by atoms with Gasteiger partial charge in [0.05, 0.1) is 6.42 Å². The van der Waals surface area contributed by atoms with Crippen molar-refractivity contribution in [1.82, 2.24) is 0 Å². The van der Waals surface area contributed by atoms with Crippen LogP contribution in [0.2, 0.25) is 0 Å². The van der Waals surface area contributed by atoms with Gasteiger partial charge < -0.3 is 10.4 Å². The number of carboxylic acid groups (broad SMARTS) is 1. The van der Waals surface area contributed by atoms with Gasteiger partial charge in [0, 0.05) is 11.7 Å². The maximum absolute atomic E-state index is 10.7. The third kappa shape index (κ3) is 2.03. The Bertz CT molecular complexity index is 426. The number of rotatable bonds is 2. The molecule has 0 saturated heterocycles. The van der Waals surface area contributed by atoms with E-state index in [2.05, 4.69) is 31.3 Å². The number of benzene rings is 1. The van der Waals surface area contributed by atoms with E-state index in [1.165, 1.54) is 16.7 Å². The predicted octanol–water partition coefficient (Wildman–Crippen LogP) is 2.50. The van der Waals surface area contributed by atoms with Crippen molar-refractivity contribution in [3.05, 3.63) is 28.8 Å². The van der Waals surface area contributed by atoms with Crippen LogP contribution in [0.25, 0.3) is 0 Å². The summed E-state index contributed by atoms with van der Waals surface area (Å²) in [6, 6.07) is 4.29. The lowest BCUT2D eigenvalue weighted by atomic mass is 9.91. The maximum Gasteiger partial charge on any atom is 0.305 e. The molecule has 1 atom stereocenters. The third-order valence-corrected chi connectivity index (χ3v) is 3.27. The van der Waals surface area contributed by atoms with Crippen LogP contribution in [0.5, 0.6) is 0 Å². The smallest absolute Gasteiger partial charge is 0.305 e. The summed E-state index contributed by atoms with van der Waals surface area (Å²) in [7, 11) is 0. The first kappa shape index (κ1) is 11.0. The first-order chi connectivity index (χ1) is 7.58. The Hall–Kier alpha value is -1.51. The van der Waals surface area contributed by atoms with Gasteiger partial charge in [-0.3, -0.25) is 4.79 Å². The van der Waals surface area contributed by atoms with E-state index in [4.69, 9.17) is 5.11 Å². The van der Waals surface area contributed by atoms with Gasteiger partial charge in [0.15, 0.2) is 0 Å². The Morgan fingerprint density at radius 3 is 2.81 bits per heavy atom. The molecule has 1 aliphatic rings. The summed E-state index contributed by atoms with van der Waals surface area (Å²) in [5.74, 6) is -0.730. The average molecular weight is 219 g/mol. The van der Waals surface area contributed by atoms with Gasteiger partial charge in [0.25, 0.3) is 0 Å². The van der Waals surface area contributed by atoms with Crippen LogP contribution >= 0.6 is 0 Å². The number of carboxylic acids is 1. The molecule has 3 heteroatoms. The molecule has 0 amide bonds. The number of hydrogen-bond acceptors (Lipinski definition) is 2. The molecular formula is C13H17NO2. The van der Waals surface area contributed by atoms with Gasteiger partial charge in [-0.25, -0.2) is 0 Å². The van der Waals surface area contributed by atoms with E-state index in [-0.39, 0.29) is 12.5 Å². The number of anilines is 1. The molecule has 1 heterocycles. The van der Waals surface area contributed by atoms with Crippen molar-refractivity contribution >= 4 is 11.7 Å². The normalized spacial score (nSPS) is 18.8. The highest BCUT2D eigenvalue weighted by Crippen LogP contribution is 2.31. The van der Waals surface area contributed by atoms with E-state index in [1.807, 2.05) is 0 Å². The van der Waals surface area contributed by atoms with Crippen molar-refractivity contribution in [3.63, 3.8) is 0 Å². The van der Waals surface area contributed by atoms with E-state index in [0.717, 1.165) is 18.5 Å². The Morgan fingerprint density at radius 2 is 2.12 bits per heavy atom. The summed E-state index contributed by atoms with van der Waals surface area (Å²) >= 11 is 0. The first-order valence-corrected chi connectivity index (χ1v) is 5.65. The van der Waals surface area contributed by atoms with Gasteiger partial charge >= 0.3 is 5.97 Å². The Morgan fingerprint density at radius 1 is 1.44 bits per heavy atom. The highest BCUT2D eigenvalue weighted by Gasteiger charge is 2.22. The number of fused-ring (bicyclic) bond motifs is 1. The van der Waals surface area contributed by atoms with Crippen LogP contribution in [0, 0.1) is 13.8 Å². The summed E-state index contributed by atoms with van der Waals surface area (Å²) in [6.07, 6.45) is 2.09.